The van der Waals surface area contributed by atoms with Gasteiger partial charge in [0.2, 0.25) is 5.91 Å². The number of hydrogen-bond donors (Lipinski definition) is 2. The molecule has 1 amide bonds. The second kappa shape index (κ2) is 44.6. The van der Waals surface area contributed by atoms with Crippen LogP contribution in [0.25, 0.3) is 0 Å². The number of quaternary nitrogens is 1. The van der Waals surface area contributed by atoms with Gasteiger partial charge < -0.3 is 28.8 Å². The second-order valence-corrected chi connectivity index (χ2v) is 19.2. The Kier molecular flexibility index (Phi) is 42.8. The van der Waals surface area contributed by atoms with Crippen molar-refractivity contribution in [3.8, 4) is 0 Å². The summed E-state index contributed by atoms with van der Waals surface area (Å²) in [5.74, 6) is -0.195. The summed E-state index contributed by atoms with van der Waals surface area (Å²) >= 11 is 0. The number of nitrogens with one attached hydrogen (secondary N) is 1. The first-order valence-corrected chi connectivity index (χ1v) is 26.5. The van der Waals surface area contributed by atoms with Crippen LogP contribution in [0.2, 0.25) is 0 Å². The maximum Gasteiger partial charge on any atom is 0.268 e. The topological polar surface area (TPSA) is 108 Å². The predicted molar refractivity (Wildman–Crippen MR) is 269 cm³/mol. The molecule has 0 aromatic carbocycles. The first kappa shape index (κ1) is 60.4. The van der Waals surface area contributed by atoms with Crippen LogP contribution in [-0.2, 0) is 18.4 Å². The largest absolute Gasteiger partial charge is 0.756 e. The minimum absolute atomic E-state index is 0.00127. The Bertz CT molecular complexity index is 1340. The summed E-state index contributed by atoms with van der Waals surface area (Å²) in [4.78, 5) is 25.4. The van der Waals surface area contributed by atoms with E-state index in [-0.39, 0.29) is 19.1 Å². The van der Waals surface area contributed by atoms with Crippen molar-refractivity contribution in [1.82, 2.24) is 5.32 Å². The third kappa shape index (κ3) is 47.2. The fraction of sp³-hybridized carbons (Fsp3) is 0.685. The molecular formula is C54H95N2O6P. The zero-order valence-corrected chi connectivity index (χ0v) is 41.9. The summed E-state index contributed by atoms with van der Waals surface area (Å²) in [7, 11) is 1.27. The zero-order chi connectivity index (χ0) is 46.4. The van der Waals surface area contributed by atoms with Crippen molar-refractivity contribution in [3.05, 3.63) is 97.2 Å². The van der Waals surface area contributed by atoms with Crippen LogP contribution in [0.3, 0.4) is 0 Å². The van der Waals surface area contributed by atoms with E-state index >= 15 is 0 Å². The molecule has 8 nitrogen and oxygen atoms in total. The summed E-state index contributed by atoms with van der Waals surface area (Å²) in [6.07, 6.45) is 62.8. The Labute approximate surface area is 388 Å². The summed E-state index contributed by atoms with van der Waals surface area (Å²) in [5, 5.41) is 13.9. The lowest BCUT2D eigenvalue weighted by molar-refractivity contribution is -0.870. The van der Waals surface area contributed by atoms with Crippen LogP contribution >= 0.6 is 7.82 Å². The van der Waals surface area contributed by atoms with E-state index in [2.05, 4.69) is 116 Å². The molecule has 0 heterocycles. The van der Waals surface area contributed by atoms with Gasteiger partial charge in [0.15, 0.2) is 0 Å². The Balaban J connectivity index is 4.30. The van der Waals surface area contributed by atoms with Gasteiger partial charge in [0.25, 0.3) is 7.82 Å². The van der Waals surface area contributed by atoms with E-state index in [1.165, 1.54) is 57.8 Å². The first-order valence-electron chi connectivity index (χ1n) is 25.1. The monoisotopic (exact) mass is 899 g/mol. The van der Waals surface area contributed by atoms with Gasteiger partial charge in [0.1, 0.15) is 13.2 Å². The van der Waals surface area contributed by atoms with E-state index in [4.69, 9.17) is 9.05 Å². The predicted octanol–water partition coefficient (Wildman–Crippen LogP) is 14.1. The molecule has 0 saturated heterocycles. The summed E-state index contributed by atoms with van der Waals surface area (Å²) < 4.78 is 23.3. The van der Waals surface area contributed by atoms with Crippen LogP contribution < -0.4 is 10.2 Å². The average Bonchev–Trinajstić information content (AvgIpc) is 3.24. The van der Waals surface area contributed by atoms with Gasteiger partial charge in [-0.3, -0.25) is 9.36 Å². The van der Waals surface area contributed by atoms with Crippen molar-refractivity contribution in [3.63, 3.8) is 0 Å². The van der Waals surface area contributed by atoms with E-state index in [1.807, 2.05) is 21.1 Å². The summed E-state index contributed by atoms with van der Waals surface area (Å²) in [6, 6.07) is -0.820. The number of phosphoric ester groups is 1. The molecule has 0 aliphatic rings. The molecule has 9 heteroatoms. The highest BCUT2D eigenvalue weighted by atomic mass is 31.2. The third-order valence-electron chi connectivity index (χ3n) is 10.6. The maximum atomic E-state index is 12.9. The van der Waals surface area contributed by atoms with Crippen molar-refractivity contribution in [1.29, 1.82) is 0 Å². The van der Waals surface area contributed by atoms with Crippen molar-refractivity contribution in [2.24, 2.45) is 0 Å². The summed E-state index contributed by atoms with van der Waals surface area (Å²) in [5.41, 5.74) is 0. The molecule has 0 bridgehead atoms. The molecule has 0 fully saturated rings. The maximum absolute atomic E-state index is 12.9. The molecule has 63 heavy (non-hydrogen) atoms. The molecule has 0 aromatic rings. The quantitative estimate of drug-likeness (QED) is 0.0273. The number of likely N-dealkylation sites (N-methyl/N-ethyl adjacent to an activating group) is 1. The minimum atomic E-state index is -4.58. The number of carbonyl (C=O) groups excluding carboxylic acids is 1. The van der Waals surface area contributed by atoms with Gasteiger partial charge in [-0.2, -0.15) is 0 Å². The lowest BCUT2D eigenvalue weighted by Crippen LogP contribution is -2.46. The number of rotatable bonds is 44. The van der Waals surface area contributed by atoms with E-state index in [0.29, 0.717) is 23.9 Å². The molecule has 0 aliphatic heterocycles. The molecule has 0 spiro atoms. The fourth-order valence-electron chi connectivity index (χ4n) is 6.64. The molecule has 3 atom stereocenters. The van der Waals surface area contributed by atoms with Gasteiger partial charge in [-0.05, 0) is 77.0 Å². The van der Waals surface area contributed by atoms with Crippen molar-refractivity contribution in [2.75, 3.05) is 40.9 Å². The van der Waals surface area contributed by atoms with Gasteiger partial charge in [0, 0.05) is 6.42 Å². The smallest absolute Gasteiger partial charge is 0.268 e. The average molecular weight is 899 g/mol. The number of aliphatic hydroxyl groups excluding tert-OH is 1. The molecular weight excluding hydrogens is 804 g/mol. The molecule has 0 radical (unpaired) electrons. The number of aliphatic hydroxyl groups is 1. The third-order valence-corrected chi connectivity index (χ3v) is 11.6. The first-order chi connectivity index (χ1) is 30.5. The van der Waals surface area contributed by atoms with Gasteiger partial charge in [0.05, 0.1) is 39.9 Å². The second-order valence-electron chi connectivity index (χ2n) is 17.8. The van der Waals surface area contributed by atoms with Crippen molar-refractivity contribution >= 4 is 13.7 Å². The molecule has 3 unspecified atom stereocenters. The highest BCUT2D eigenvalue weighted by Crippen LogP contribution is 2.38. The van der Waals surface area contributed by atoms with E-state index in [9.17, 15) is 19.4 Å². The van der Waals surface area contributed by atoms with Crippen LogP contribution in [0.15, 0.2) is 97.2 Å². The minimum Gasteiger partial charge on any atom is -0.756 e. The molecule has 0 rings (SSSR count). The number of carbonyl (C=O) groups is 1. The standard InChI is InChI=1S/C54H95N2O6P/c1-6-8-10-12-14-16-18-20-21-22-23-24-25-26-27-28-29-30-31-32-33-34-35-36-38-40-42-44-46-48-54(58)55-52(51-62-63(59,60)61-50-49-56(3,4)5)53(57)47-45-43-41-39-37-19-17-15-13-11-9-7-2/h8,10,14,16,20-21,23-24,26-27,29-30,32-33,35-36,52-53,57H,6-7,9,11-13,15,17-19,22,25,28,31,34,37-51H2,1-5H3,(H-,55,58,59,60)/b10-8-,16-14-,21-20-,24-23-,27-26-,30-29-,33-32-,36-35-. The SMILES string of the molecule is CC/C=C\C/C=C\C/C=C\C/C=C\C/C=C\C/C=C\C/C=C\C/C=C\CCCCCCC(=O)NC(COP(=O)([O-])OCC[N+](C)(C)C)C(O)CCCCCCCCCCCCCC. The molecule has 0 saturated carbocycles. The lowest BCUT2D eigenvalue weighted by Gasteiger charge is -2.30. The van der Waals surface area contributed by atoms with Crippen LogP contribution in [0, 0.1) is 0 Å². The Hall–Kier alpha value is -2.58. The van der Waals surface area contributed by atoms with Crippen LogP contribution in [-0.4, -0.2) is 68.5 Å². The number of hydrogen-bond acceptors (Lipinski definition) is 6. The van der Waals surface area contributed by atoms with Crippen molar-refractivity contribution < 1.29 is 32.9 Å². The van der Waals surface area contributed by atoms with Gasteiger partial charge >= 0.3 is 0 Å². The van der Waals surface area contributed by atoms with Crippen LogP contribution in [0.1, 0.15) is 187 Å². The molecule has 362 valence electrons. The van der Waals surface area contributed by atoms with E-state index < -0.39 is 20.0 Å². The Morgan fingerprint density at radius 3 is 1.41 bits per heavy atom. The number of nitrogens with zero attached hydrogens (tertiary/aromatic N) is 1. The van der Waals surface area contributed by atoms with E-state index in [1.54, 1.807) is 0 Å². The zero-order valence-electron chi connectivity index (χ0n) is 41.0. The number of allylic oxidation sites excluding steroid dienone is 16. The number of amides is 1. The van der Waals surface area contributed by atoms with Gasteiger partial charge in [-0.1, -0.05) is 201 Å². The number of phosphoric acid groups is 1. The van der Waals surface area contributed by atoms with E-state index in [0.717, 1.165) is 103 Å². The molecule has 0 aliphatic carbocycles. The summed E-state index contributed by atoms with van der Waals surface area (Å²) in [6.45, 7) is 4.56. The van der Waals surface area contributed by atoms with Gasteiger partial charge in [-0.15, -0.1) is 0 Å². The van der Waals surface area contributed by atoms with Crippen LogP contribution in [0.4, 0.5) is 0 Å². The van der Waals surface area contributed by atoms with Crippen LogP contribution in [0.5, 0.6) is 0 Å². The fourth-order valence-corrected chi connectivity index (χ4v) is 7.36. The van der Waals surface area contributed by atoms with Gasteiger partial charge in [-0.25, -0.2) is 0 Å². The molecule has 0 aromatic heterocycles. The highest BCUT2D eigenvalue weighted by molar-refractivity contribution is 7.45. The lowest BCUT2D eigenvalue weighted by atomic mass is 10.0. The number of unbranched alkanes of at least 4 members (excludes halogenated alkanes) is 15. The Morgan fingerprint density at radius 2 is 0.968 bits per heavy atom. The molecule has 2 N–H and O–H groups in total. The van der Waals surface area contributed by atoms with Crippen molar-refractivity contribution in [2.45, 2.75) is 199 Å². The normalized spacial score (nSPS) is 15.0. The highest BCUT2D eigenvalue weighted by Gasteiger charge is 2.24. The Morgan fingerprint density at radius 1 is 0.571 bits per heavy atom.